The second-order valence-electron chi connectivity index (χ2n) is 7.17. The molecule has 0 aliphatic heterocycles. The molecule has 7 nitrogen and oxygen atoms in total. The van der Waals surface area contributed by atoms with Gasteiger partial charge in [0, 0.05) is 32.4 Å². The summed E-state index contributed by atoms with van der Waals surface area (Å²) in [5.41, 5.74) is 1.13. The Balaban J connectivity index is 1.44. The van der Waals surface area contributed by atoms with Gasteiger partial charge in [-0.2, -0.15) is 4.98 Å². The molecule has 1 amide bonds. The Morgan fingerprint density at radius 2 is 1.74 bits per heavy atom. The van der Waals surface area contributed by atoms with Crippen LogP contribution in [0.15, 0.2) is 36.5 Å². The number of nitrogens with zero attached hydrogens (tertiary/aromatic N) is 3. The Morgan fingerprint density at radius 1 is 1.07 bits per heavy atom. The highest BCUT2D eigenvalue weighted by Crippen LogP contribution is 2.22. The lowest BCUT2D eigenvalue weighted by atomic mass is 9.91. The van der Waals surface area contributed by atoms with Crippen molar-refractivity contribution >= 4 is 17.9 Å². The van der Waals surface area contributed by atoms with Gasteiger partial charge in [0.05, 0.1) is 0 Å². The van der Waals surface area contributed by atoms with Crippen LogP contribution >= 0.6 is 0 Å². The van der Waals surface area contributed by atoms with Gasteiger partial charge in [0.1, 0.15) is 11.6 Å². The van der Waals surface area contributed by atoms with Crippen molar-refractivity contribution in [3.63, 3.8) is 0 Å². The van der Waals surface area contributed by atoms with Crippen LogP contribution in [0.5, 0.6) is 5.75 Å². The third-order valence-electron chi connectivity index (χ3n) is 4.71. The average molecular weight is 369 g/mol. The van der Waals surface area contributed by atoms with Crippen molar-refractivity contribution in [2.24, 2.45) is 0 Å². The van der Waals surface area contributed by atoms with Crippen LogP contribution in [0.1, 0.15) is 31.2 Å². The standard InChI is InChI=1S/C20H27N5O2/c1-14-4-10-17(11-5-14)27-20(26)23-16-8-6-15(7-9-16)22-19-21-13-12-18(24-19)25(2)3/h4-5,10-13,15-16H,6-9H2,1-3H3,(H,23,26)(H,21,22,24). The predicted octanol–water partition coefficient (Wildman–Crippen LogP) is 3.36. The Labute approximate surface area is 160 Å². The number of anilines is 2. The summed E-state index contributed by atoms with van der Waals surface area (Å²) in [5, 5.41) is 6.37. The minimum absolute atomic E-state index is 0.134. The van der Waals surface area contributed by atoms with Crippen LogP contribution in [-0.2, 0) is 0 Å². The Morgan fingerprint density at radius 3 is 2.41 bits per heavy atom. The van der Waals surface area contributed by atoms with Gasteiger partial charge in [-0.25, -0.2) is 9.78 Å². The molecule has 1 aliphatic carbocycles. The number of aromatic nitrogens is 2. The summed E-state index contributed by atoms with van der Waals surface area (Å²) in [6, 6.07) is 9.78. The average Bonchev–Trinajstić information content (AvgIpc) is 2.65. The van der Waals surface area contributed by atoms with Crippen molar-refractivity contribution in [1.82, 2.24) is 15.3 Å². The summed E-state index contributed by atoms with van der Waals surface area (Å²) in [6.45, 7) is 2.00. The van der Waals surface area contributed by atoms with E-state index in [0.717, 1.165) is 37.1 Å². The molecule has 144 valence electrons. The van der Waals surface area contributed by atoms with Crippen LogP contribution in [-0.4, -0.2) is 42.2 Å². The number of nitrogens with one attached hydrogen (secondary N) is 2. The Bertz CT molecular complexity index is 755. The minimum atomic E-state index is -0.391. The molecule has 2 N–H and O–H groups in total. The highest BCUT2D eigenvalue weighted by Gasteiger charge is 2.23. The number of aryl methyl sites for hydroxylation is 1. The van der Waals surface area contributed by atoms with Crippen LogP contribution in [0.3, 0.4) is 0 Å². The molecule has 1 aromatic heterocycles. The molecule has 0 bridgehead atoms. The zero-order chi connectivity index (χ0) is 19.2. The number of benzene rings is 1. The van der Waals surface area contributed by atoms with E-state index in [9.17, 15) is 4.79 Å². The lowest BCUT2D eigenvalue weighted by Crippen LogP contribution is -2.41. The van der Waals surface area contributed by atoms with E-state index in [2.05, 4.69) is 20.6 Å². The smallest absolute Gasteiger partial charge is 0.410 e. The molecule has 7 heteroatoms. The fourth-order valence-electron chi connectivity index (χ4n) is 3.14. The van der Waals surface area contributed by atoms with Gasteiger partial charge in [-0.3, -0.25) is 0 Å². The molecule has 0 spiro atoms. The largest absolute Gasteiger partial charge is 0.412 e. The van der Waals surface area contributed by atoms with Crippen molar-refractivity contribution in [3.8, 4) is 5.75 Å². The van der Waals surface area contributed by atoms with Crippen molar-refractivity contribution < 1.29 is 9.53 Å². The van der Waals surface area contributed by atoms with Crippen molar-refractivity contribution in [1.29, 1.82) is 0 Å². The molecular formula is C20H27N5O2. The summed E-state index contributed by atoms with van der Waals surface area (Å²) >= 11 is 0. The predicted molar refractivity (Wildman–Crippen MR) is 106 cm³/mol. The van der Waals surface area contributed by atoms with Crippen LogP contribution in [0.25, 0.3) is 0 Å². The SMILES string of the molecule is Cc1ccc(OC(=O)NC2CCC(Nc3nccc(N(C)C)n3)CC2)cc1. The lowest BCUT2D eigenvalue weighted by Gasteiger charge is -2.29. The van der Waals surface area contributed by atoms with Crippen molar-refractivity contribution in [2.45, 2.75) is 44.7 Å². The Kier molecular flexibility index (Phi) is 6.11. The molecule has 27 heavy (non-hydrogen) atoms. The van der Waals surface area contributed by atoms with Gasteiger partial charge in [-0.15, -0.1) is 0 Å². The molecule has 1 heterocycles. The van der Waals surface area contributed by atoms with E-state index in [0.29, 0.717) is 17.7 Å². The topological polar surface area (TPSA) is 79.4 Å². The number of hydrogen-bond acceptors (Lipinski definition) is 6. The third-order valence-corrected chi connectivity index (χ3v) is 4.71. The van der Waals surface area contributed by atoms with Crippen LogP contribution in [0.2, 0.25) is 0 Å². The number of hydrogen-bond donors (Lipinski definition) is 2. The molecule has 2 aromatic rings. The molecule has 1 aromatic carbocycles. The highest BCUT2D eigenvalue weighted by atomic mass is 16.6. The zero-order valence-corrected chi connectivity index (χ0v) is 16.1. The first-order valence-corrected chi connectivity index (χ1v) is 9.31. The van der Waals surface area contributed by atoms with E-state index in [1.165, 1.54) is 0 Å². The van der Waals surface area contributed by atoms with E-state index < -0.39 is 6.09 Å². The van der Waals surface area contributed by atoms with E-state index in [-0.39, 0.29) is 6.04 Å². The highest BCUT2D eigenvalue weighted by molar-refractivity contribution is 5.70. The van der Waals surface area contributed by atoms with Crippen molar-refractivity contribution in [2.75, 3.05) is 24.3 Å². The first kappa shape index (κ1) is 18.9. The van der Waals surface area contributed by atoms with Crippen molar-refractivity contribution in [3.05, 3.63) is 42.1 Å². The fraction of sp³-hybridized carbons (Fsp3) is 0.450. The third kappa shape index (κ3) is 5.57. The van der Waals surface area contributed by atoms with E-state index in [1.807, 2.05) is 44.1 Å². The lowest BCUT2D eigenvalue weighted by molar-refractivity contribution is 0.191. The molecule has 1 saturated carbocycles. The molecule has 1 aliphatic rings. The van der Waals surface area contributed by atoms with E-state index >= 15 is 0 Å². The molecule has 0 saturated heterocycles. The quantitative estimate of drug-likeness (QED) is 0.841. The monoisotopic (exact) mass is 369 g/mol. The molecular weight excluding hydrogens is 342 g/mol. The number of amides is 1. The summed E-state index contributed by atoms with van der Waals surface area (Å²) in [4.78, 5) is 22.8. The van der Waals surface area contributed by atoms with Gasteiger partial charge in [0.2, 0.25) is 5.95 Å². The summed E-state index contributed by atoms with van der Waals surface area (Å²) in [6.07, 6.45) is 5.06. The van der Waals surface area contributed by atoms with E-state index in [1.54, 1.807) is 18.3 Å². The fourth-order valence-corrected chi connectivity index (χ4v) is 3.14. The van der Waals surface area contributed by atoms with Gasteiger partial charge in [0.15, 0.2) is 0 Å². The van der Waals surface area contributed by atoms with Gasteiger partial charge in [0.25, 0.3) is 0 Å². The normalized spacial score (nSPS) is 19.2. The second kappa shape index (κ2) is 8.70. The first-order valence-electron chi connectivity index (χ1n) is 9.31. The maximum absolute atomic E-state index is 12.1. The minimum Gasteiger partial charge on any atom is -0.410 e. The molecule has 0 atom stereocenters. The van der Waals surface area contributed by atoms with Gasteiger partial charge in [-0.1, -0.05) is 17.7 Å². The van der Waals surface area contributed by atoms with E-state index in [4.69, 9.17) is 4.74 Å². The number of carbonyl (C=O) groups is 1. The number of rotatable bonds is 5. The van der Waals surface area contributed by atoms with Crippen LogP contribution < -0.4 is 20.3 Å². The molecule has 0 unspecified atom stereocenters. The second-order valence-corrected chi connectivity index (χ2v) is 7.17. The zero-order valence-electron chi connectivity index (χ0n) is 16.1. The number of carbonyl (C=O) groups excluding carboxylic acids is 1. The molecule has 1 fully saturated rings. The summed E-state index contributed by atoms with van der Waals surface area (Å²) < 4.78 is 5.34. The maximum atomic E-state index is 12.1. The van der Waals surface area contributed by atoms with Gasteiger partial charge >= 0.3 is 6.09 Å². The van der Waals surface area contributed by atoms with Crippen LogP contribution in [0, 0.1) is 6.92 Å². The summed E-state index contributed by atoms with van der Waals surface area (Å²) in [7, 11) is 3.91. The van der Waals surface area contributed by atoms with Gasteiger partial charge in [-0.05, 0) is 50.8 Å². The molecule has 0 radical (unpaired) electrons. The van der Waals surface area contributed by atoms with Gasteiger partial charge < -0.3 is 20.3 Å². The van der Waals surface area contributed by atoms with Crippen LogP contribution in [0.4, 0.5) is 16.6 Å². The number of ether oxygens (including phenoxy) is 1. The first-order chi connectivity index (χ1) is 13.0. The maximum Gasteiger partial charge on any atom is 0.412 e. The summed E-state index contributed by atoms with van der Waals surface area (Å²) in [5.74, 6) is 2.09. The molecule has 3 rings (SSSR count). The Hall–Kier alpha value is -2.83.